The van der Waals surface area contributed by atoms with Crippen LogP contribution in [0, 0.1) is 0 Å². The van der Waals surface area contributed by atoms with Crippen LogP contribution >= 0.6 is 0 Å². The van der Waals surface area contributed by atoms with Gasteiger partial charge in [0.15, 0.2) is 0 Å². The van der Waals surface area contributed by atoms with Crippen molar-refractivity contribution in [1.29, 1.82) is 0 Å². The van der Waals surface area contributed by atoms with Crippen molar-refractivity contribution in [2.75, 3.05) is 5.73 Å². The summed E-state index contributed by atoms with van der Waals surface area (Å²) in [5.41, 5.74) is 15.1. The van der Waals surface area contributed by atoms with E-state index in [1.807, 2.05) is 0 Å². The maximum Gasteiger partial charge on any atom is 0.0394 e. The molecule has 122 valence electrons. The minimum Gasteiger partial charge on any atom is -0.398 e. The number of rotatable bonds is 1. The van der Waals surface area contributed by atoms with Crippen LogP contribution in [0.3, 0.4) is 0 Å². The Morgan fingerprint density at radius 1 is 0.917 bits per heavy atom. The third-order valence-electron chi connectivity index (χ3n) is 6.40. The van der Waals surface area contributed by atoms with Crippen molar-refractivity contribution in [3.05, 3.63) is 58.7 Å². The molecule has 1 heteroatoms. The summed E-state index contributed by atoms with van der Waals surface area (Å²) in [6.07, 6.45) is 15.0. The molecule has 0 atom stereocenters. The fraction of sp³-hybridized carbons (Fsp3) is 0.391. The summed E-state index contributed by atoms with van der Waals surface area (Å²) in [7, 11) is 0. The number of hydrogen-bond donors (Lipinski definition) is 1. The van der Waals surface area contributed by atoms with Gasteiger partial charge in [0.1, 0.15) is 0 Å². The predicted octanol–water partition coefficient (Wildman–Crippen LogP) is 6.13. The first-order valence-corrected chi connectivity index (χ1v) is 9.56. The van der Waals surface area contributed by atoms with Gasteiger partial charge in [0, 0.05) is 11.1 Å². The van der Waals surface area contributed by atoms with Crippen LogP contribution in [0.4, 0.5) is 5.69 Å². The van der Waals surface area contributed by atoms with Crippen molar-refractivity contribution < 1.29 is 0 Å². The second-order valence-corrected chi connectivity index (χ2v) is 7.70. The minimum absolute atomic E-state index is 0.733. The number of nitrogen functional groups attached to an aromatic ring is 1. The summed E-state index contributed by atoms with van der Waals surface area (Å²) in [5, 5.41) is 2.77. The molecule has 0 saturated heterocycles. The number of aryl methyl sites for hydroxylation is 1. The highest BCUT2D eigenvalue weighted by molar-refractivity contribution is 6.01. The van der Waals surface area contributed by atoms with E-state index in [-0.39, 0.29) is 0 Å². The smallest absolute Gasteiger partial charge is 0.0394 e. The summed E-state index contributed by atoms with van der Waals surface area (Å²) in [4.78, 5) is 0. The van der Waals surface area contributed by atoms with Gasteiger partial charge >= 0.3 is 0 Å². The van der Waals surface area contributed by atoms with Gasteiger partial charge in [-0.25, -0.2) is 0 Å². The average Bonchev–Trinajstić information content (AvgIpc) is 3.16. The molecule has 3 aliphatic rings. The Kier molecular flexibility index (Phi) is 3.29. The van der Waals surface area contributed by atoms with Crippen molar-refractivity contribution in [3.8, 4) is 0 Å². The molecule has 0 heterocycles. The summed E-state index contributed by atoms with van der Waals surface area (Å²) in [5.74, 6) is 0.733. The third kappa shape index (κ3) is 2.07. The molecule has 0 aromatic heterocycles. The lowest BCUT2D eigenvalue weighted by Crippen LogP contribution is -2.09. The Hall–Kier alpha value is -2.02. The molecule has 2 aromatic rings. The van der Waals surface area contributed by atoms with Crippen LogP contribution in [0.5, 0.6) is 0 Å². The van der Waals surface area contributed by atoms with Gasteiger partial charge in [-0.2, -0.15) is 0 Å². The Bertz CT molecular complexity index is 879. The lowest BCUT2D eigenvalue weighted by molar-refractivity contribution is 0.728. The molecule has 1 fully saturated rings. The van der Waals surface area contributed by atoms with Crippen LogP contribution in [0.2, 0.25) is 0 Å². The largest absolute Gasteiger partial charge is 0.398 e. The normalized spacial score (nSPS) is 20.5. The number of allylic oxidation sites excluding steroid dienone is 4. The van der Waals surface area contributed by atoms with E-state index in [4.69, 9.17) is 5.73 Å². The summed E-state index contributed by atoms with van der Waals surface area (Å²) >= 11 is 0. The zero-order valence-corrected chi connectivity index (χ0v) is 14.3. The van der Waals surface area contributed by atoms with Crippen LogP contribution in [-0.4, -0.2) is 0 Å². The van der Waals surface area contributed by atoms with Crippen molar-refractivity contribution in [2.24, 2.45) is 0 Å². The first-order valence-electron chi connectivity index (χ1n) is 9.56. The zero-order chi connectivity index (χ0) is 16.1. The molecule has 5 rings (SSSR count). The van der Waals surface area contributed by atoms with Gasteiger partial charge in [-0.3, -0.25) is 0 Å². The van der Waals surface area contributed by atoms with Gasteiger partial charge in [0.25, 0.3) is 0 Å². The fourth-order valence-electron chi connectivity index (χ4n) is 5.19. The number of benzene rings is 2. The molecule has 3 aliphatic carbocycles. The highest BCUT2D eigenvalue weighted by Crippen LogP contribution is 2.45. The quantitative estimate of drug-likeness (QED) is 0.629. The Labute approximate surface area is 144 Å². The maximum absolute atomic E-state index is 6.36. The topological polar surface area (TPSA) is 26.0 Å². The number of hydrogen-bond acceptors (Lipinski definition) is 1. The van der Waals surface area contributed by atoms with Crippen LogP contribution < -0.4 is 5.73 Å². The van der Waals surface area contributed by atoms with Crippen molar-refractivity contribution in [3.63, 3.8) is 0 Å². The molecular formula is C23H25N. The second kappa shape index (κ2) is 5.51. The molecule has 24 heavy (non-hydrogen) atoms. The van der Waals surface area contributed by atoms with E-state index < -0.39 is 0 Å². The first-order chi connectivity index (χ1) is 11.8. The molecule has 2 aromatic carbocycles. The van der Waals surface area contributed by atoms with Gasteiger partial charge in [-0.05, 0) is 78.2 Å². The SMILES string of the molecule is Nc1ccc(C2CCCC2)c2c3c(ccc12)C1=C(CCC=C1)CC3. The van der Waals surface area contributed by atoms with E-state index >= 15 is 0 Å². The van der Waals surface area contributed by atoms with Gasteiger partial charge in [-0.15, -0.1) is 0 Å². The van der Waals surface area contributed by atoms with Crippen molar-refractivity contribution in [2.45, 2.75) is 57.3 Å². The predicted molar refractivity (Wildman–Crippen MR) is 103 cm³/mol. The number of nitrogens with two attached hydrogens (primary N) is 1. The van der Waals surface area contributed by atoms with E-state index in [0.29, 0.717) is 0 Å². The molecule has 0 amide bonds. The van der Waals surface area contributed by atoms with Gasteiger partial charge in [0.2, 0.25) is 0 Å². The van der Waals surface area contributed by atoms with Gasteiger partial charge in [-0.1, -0.05) is 48.8 Å². The van der Waals surface area contributed by atoms with Crippen LogP contribution in [-0.2, 0) is 6.42 Å². The molecule has 0 unspecified atom stereocenters. The Morgan fingerprint density at radius 3 is 2.67 bits per heavy atom. The number of anilines is 1. The molecule has 0 radical (unpaired) electrons. The highest BCUT2D eigenvalue weighted by Gasteiger charge is 2.25. The average molecular weight is 315 g/mol. The van der Waals surface area contributed by atoms with Crippen molar-refractivity contribution >= 4 is 22.0 Å². The van der Waals surface area contributed by atoms with E-state index in [2.05, 4.69) is 36.4 Å². The fourth-order valence-corrected chi connectivity index (χ4v) is 5.19. The molecule has 1 nitrogen and oxygen atoms in total. The van der Waals surface area contributed by atoms with E-state index in [9.17, 15) is 0 Å². The number of fused-ring (bicyclic) bond motifs is 4. The van der Waals surface area contributed by atoms with Gasteiger partial charge in [0.05, 0.1) is 0 Å². The van der Waals surface area contributed by atoms with Gasteiger partial charge < -0.3 is 5.73 Å². The standard InChI is InChI=1S/C23H25N/c24-22-14-13-18(15-5-1-2-6-15)23-20-10-9-16-7-3-4-8-17(16)19(20)11-12-21(22)23/h4,8,11-15H,1-3,5-7,9-10,24H2. The van der Waals surface area contributed by atoms with E-state index in [1.165, 1.54) is 73.3 Å². The Balaban J connectivity index is 1.79. The van der Waals surface area contributed by atoms with Crippen LogP contribution in [0.15, 0.2) is 42.0 Å². The second-order valence-electron chi connectivity index (χ2n) is 7.70. The van der Waals surface area contributed by atoms with Crippen molar-refractivity contribution in [1.82, 2.24) is 0 Å². The molecule has 0 spiro atoms. The molecule has 2 N–H and O–H groups in total. The molecule has 0 bridgehead atoms. The van der Waals surface area contributed by atoms with E-state index in [1.54, 1.807) is 16.7 Å². The van der Waals surface area contributed by atoms with E-state index in [0.717, 1.165) is 11.6 Å². The highest BCUT2D eigenvalue weighted by atomic mass is 14.6. The first kappa shape index (κ1) is 14.3. The Morgan fingerprint density at radius 2 is 1.79 bits per heavy atom. The summed E-state index contributed by atoms with van der Waals surface area (Å²) in [6.45, 7) is 0. The lowest BCUT2D eigenvalue weighted by atomic mass is 9.77. The maximum atomic E-state index is 6.36. The molecular weight excluding hydrogens is 290 g/mol. The third-order valence-corrected chi connectivity index (χ3v) is 6.40. The molecule has 0 aliphatic heterocycles. The minimum atomic E-state index is 0.733. The lowest BCUT2D eigenvalue weighted by Gasteiger charge is -2.27. The van der Waals surface area contributed by atoms with Crippen LogP contribution in [0.25, 0.3) is 16.3 Å². The van der Waals surface area contributed by atoms with Crippen LogP contribution in [0.1, 0.15) is 67.6 Å². The summed E-state index contributed by atoms with van der Waals surface area (Å²) in [6, 6.07) is 9.07. The monoisotopic (exact) mass is 315 g/mol. The summed E-state index contributed by atoms with van der Waals surface area (Å²) < 4.78 is 0. The molecule has 1 saturated carbocycles. The zero-order valence-electron chi connectivity index (χ0n) is 14.3.